The van der Waals surface area contributed by atoms with Crippen LogP contribution in [0.15, 0.2) is 90.2 Å². The number of fused-ring (bicyclic) bond motifs is 2. The summed E-state index contributed by atoms with van der Waals surface area (Å²) in [6, 6.07) is 18.3. The third-order valence-corrected chi connectivity index (χ3v) is 7.81. The molecule has 0 fully saturated rings. The standard InChI is InChI=1S/C35H31F2N7O4/c1-19(2)16-26(35(47)48)39-18-20-12-13-22(25(37)17-20)30-27(32-38-14-7-15-44(32)43-30)33(45)42-31-34(46)41-29-23(10-6-11-24(29)36)28(40-31)21-8-4-3-5-9-21/h3-15,17,19,26,31,39H,16,18H2,1-2H3,(H,41,46)(H,42,45)(H,47,48)/t26-,31-/m1/s1. The molecule has 0 spiro atoms. The largest absolute Gasteiger partial charge is 0.480 e. The smallest absolute Gasteiger partial charge is 0.320 e. The molecule has 1 aliphatic heterocycles. The summed E-state index contributed by atoms with van der Waals surface area (Å²) in [5, 5.41) is 22.1. The van der Waals surface area contributed by atoms with Crippen molar-refractivity contribution < 1.29 is 28.3 Å². The van der Waals surface area contributed by atoms with Gasteiger partial charge in [0.25, 0.3) is 11.8 Å². The monoisotopic (exact) mass is 651 g/mol. The lowest BCUT2D eigenvalue weighted by Crippen LogP contribution is -2.42. The van der Waals surface area contributed by atoms with Crippen LogP contribution in [0.25, 0.3) is 16.9 Å². The molecule has 5 aromatic rings. The minimum Gasteiger partial charge on any atom is -0.480 e. The van der Waals surface area contributed by atoms with Crippen LogP contribution in [-0.4, -0.2) is 55.4 Å². The number of benzene rings is 3. The van der Waals surface area contributed by atoms with Crippen LogP contribution in [0.1, 0.15) is 47.3 Å². The molecule has 48 heavy (non-hydrogen) atoms. The molecule has 0 radical (unpaired) electrons. The quantitative estimate of drug-likeness (QED) is 0.169. The van der Waals surface area contributed by atoms with Crippen molar-refractivity contribution in [2.45, 2.75) is 39.0 Å². The number of carboxylic acids is 1. The van der Waals surface area contributed by atoms with Crippen molar-refractivity contribution in [1.82, 2.24) is 25.2 Å². The maximum absolute atomic E-state index is 15.7. The van der Waals surface area contributed by atoms with Gasteiger partial charge in [-0.05, 0) is 42.2 Å². The second-order valence-corrected chi connectivity index (χ2v) is 11.7. The highest BCUT2D eigenvalue weighted by Gasteiger charge is 2.32. The van der Waals surface area contributed by atoms with Crippen LogP contribution < -0.4 is 16.0 Å². The molecule has 13 heteroatoms. The van der Waals surface area contributed by atoms with Gasteiger partial charge in [-0.25, -0.2) is 23.3 Å². The minimum absolute atomic E-state index is 0.0142. The topological polar surface area (TPSA) is 150 Å². The molecule has 3 heterocycles. The normalized spacial score (nSPS) is 15.0. The molecular weight excluding hydrogens is 620 g/mol. The van der Waals surface area contributed by atoms with Crippen molar-refractivity contribution in [3.8, 4) is 11.3 Å². The first kappa shape index (κ1) is 32.1. The summed E-state index contributed by atoms with van der Waals surface area (Å²) in [4.78, 5) is 47.9. The number of carboxylic acid groups (broad SMARTS) is 1. The number of hydrogen-bond acceptors (Lipinski definition) is 7. The second kappa shape index (κ2) is 13.5. The van der Waals surface area contributed by atoms with Crippen molar-refractivity contribution in [2.24, 2.45) is 10.9 Å². The molecule has 0 bridgehead atoms. The molecule has 0 saturated carbocycles. The molecular formula is C35H31F2N7O4. The number of para-hydroxylation sites is 1. The van der Waals surface area contributed by atoms with Crippen LogP contribution in [0.3, 0.4) is 0 Å². The van der Waals surface area contributed by atoms with E-state index in [1.54, 1.807) is 54.7 Å². The molecule has 11 nitrogen and oxygen atoms in total. The van der Waals surface area contributed by atoms with Crippen molar-refractivity contribution in [1.29, 1.82) is 0 Å². The van der Waals surface area contributed by atoms with Crippen molar-refractivity contribution in [3.05, 3.63) is 119 Å². The number of aliphatic imine (C=N–C) groups is 1. The van der Waals surface area contributed by atoms with Gasteiger partial charge >= 0.3 is 5.97 Å². The lowest BCUT2D eigenvalue weighted by molar-refractivity contribution is -0.140. The van der Waals surface area contributed by atoms with Crippen LogP contribution >= 0.6 is 0 Å². The van der Waals surface area contributed by atoms with Crippen LogP contribution in [0.2, 0.25) is 0 Å². The van der Waals surface area contributed by atoms with Gasteiger partial charge < -0.3 is 21.1 Å². The summed E-state index contributed by atoms with van der Waals surface area (Å²) < 4.78 is 32.0. The van der Waals surface area contributed by atoms with E-state index in [0.717, 1.165) is 0 Å². The Balaban J connectivity index is 1.34. The number of nitrogens with one attached hydrogen (secondary N) is 3. The third-order valence-electron chi connectivity index (χ3n) is 7.81. The second-order valence-electron chi connectivity index (χ2n) is 11.7. The summed E-state index contributed by atoms with van der Waals surface area (Å²) in [6.07, 6.45) is 1.89. The van der Waals surface area contributed by atoms with E-state index >= 15 is 4.39 Å². The van der Waals surface area contributed by atoms with E-state index in [4.69, 9.17) is 0 Å². The van der Waals surface area contributed by atoms with Crippen LogP contribution in [0.5, 0.6) is 0 Å². The zero-order chi connectivity index (χ0) is 33.9. The SMILES string of the molecule is CC(C)C[C@@H](NCc1ccc(-c2nn3cccnc3c2C(=O)N[C@H]2N=C(c3ccccc3)c3cccc(F)c3NC2=O)c(F)c1)C(=O)O. The fourth-order valence-electron chi connectivity index (χ4n) is 5.55. The van der Waals surface area contributed by atoms with E-state index in [1.165, 1.54) is 35.0 Å². The zero-order valence-corrected chi connectivity index (χ0v) is 25.9. The number of aliphatic carboxylic acids is 1. The molecule has 2 atom stereocenters. The summed E-state index contributed by atoms with van der Waals surface area (Å²) in [7, 11) is 0. The Bertz CT molecular complexity index is 2060. The Morgan fingerprint density at radius 3 is 2.52 bits per heavy atom. The zero-order valence-electron chi connectivity index (χ0n) is 25.9. The fraction of sp³-hybridized carbons (Fsp3) is 0.200. The van der Waals surface area contributed by atoms with E-state index in [1.807, 2.05) is 13.8 Å². The first-order valence-corrected chi connectivity index (χ1v) is 15.2. The number of hydrogen-bond donors (Lipinski definition) is 4. The number of benzodiazepines with no additional fused rings is 1. The Morgan fingerprint density at radius 1 is 1.00 bits per heavy atom. The molecule has 0 unspecified atom stereocenters. The van der Waals surface area contributed by atoms with Gasteiger partial charge in [0.15, 0.2) is 5.65 Å². The molecule has 1 aliphatic rings. The van der Waals surface area contributed by atoms with E-state index in [9.17, 15) is 23.9 Å². The van der Waals surface area contributed by atoms with E-state index in [2.05, 4.69) is 31.0 Å². The Kier molecular flexibility index (Phi) is 9.04. The highest BCUT2D eigenvalue weighted by atomic mass is 19.1. The first-order chi connectivity index (χ1) is 23.1. The van der Waals surface area contributed by atoms with Crippen LogP contribution in [0, 0.1) is 17.6 Å². The first-order valence-electron chi connectivity index (χ1n) is 15.2. The number of rotatable bonds is 10. The maximum Gasteiger partial charge on any atom is 0.320 e. The van der Waals surface area contributed by atoms with Gasteiger partial charge in [0, 0.05) is 35.6 Å². The van der Waals surface area contributed by atoms with Gasteiger partial charge in [-0.15, -0.1) is 0 Å². The lowest BCUT2D eigenvalue weighted by Gasteiger charge is -2.17. The van der Waals surface area contributed by atoms with Crippen molar-refractivity contribution in [2.75, 3.05) is 5.32 Å². The van der Waals surface area contributed by atoms with Gasteiger partial charge in [-0.3, -0.25) is 14.4 Å². The number of halogens is 2. The average Bonchev–Trinajstić information content (AvgIpc) is 3.38. The molecule has 2 amide bonds. The number of carbonyl (C=O) groups is 3. The number of amides is 2. The molecule has 244 valence electrons. The highest BCUT2D eigenvalue weighted by molar-refractivity contribution is 6.20. The predicted molar refractivity (Wildman–Crippen MR) is 174 cm³/mol. The Labute approximate surface area is 273 Å². The summed E-state index contributed by atoms with van der Waals surface area (Å²) in [6.45, 7) is 3.93. The van der Waals surface area contributed by atoms with Crippen LogP contribution in [0.4, 0.5) is 14.5 Å². The molecule has 4 N–H and O–H groups in total. The lowest BCUT2D eigenvalue weighted by atomic mass is 10.0. The summed E-state index contributed by atoms with van der Waals surface area (Å²) in [5.41, 5.74) is 1.56. The number of aromatic nitrogens is 3. The number of anilines is 1. The van der Waals surface area contributed by atoms with Gasteiger partial charge in [0.2, 0.25) is 6.17 Å². The molecule has 6 rings (SSSR count). The summed E-state index contributed by atoms with van der Waals surface area (Å²) in [5.74, 6) is -3.83. The van der Waals surface area contributed by atoms with Gasteiger partial charge in [0.1, 0.15) is 28.9 Å². The molecule has 2 aromatic heterocycles. The average molecular weight is 652 g/mol. The fourth-order valence-corrected chi connectivity index (χ4v) is 5.55. The molecule has 0 aliphatic carbocycles. The Hall–Kier alpha value is -5.82. The highest BCUT2D eigenvalue weighted by Crippen LogP contribution is 2.30. The van der Waals surface area contributed by atoms with E-state index in [-0.39, 0.29) is 46.3 Å². The van der Waals surface area contributed by atoms with E-state index < -0.39 is 41.6 Å². The number of nitrogens with zero attached hydrogens (tertiary/aromatic N) is 4. The Morgan fingerprint density at radius 2 is 1.79 bits per heavy atom. The third kappa shape index (κ3) is 6.53. The summed E-state index contributed by atoms with van der Waals surface area (Å²) >= 11 is 0. The van der Waals surface area contributed by atoms with Gasteiger partial charge in [-0.1, -0.05) is 62.4 Å². The van der Waals surface area contributed by atoms with Gasteiger partial charge in [-0.2, -0.15) is 5.10 Å². The minimum atomic E-state index is -1.50. The van der Waals surface area contributed by atoms with Crippen LogP contribution in [-0.2, 0) is 16.1 Å². The number of carbonyl (C=O) groups excluding carboxylic acids is 2. The van der Waals surface area contributed by atoms with Crippen molar-refractivity contribution in [3.63, 3.8) is 0 Å². The predicted octanol–water partition coefficient (Wildman–Crippen LogP) is 4.81. The van der Waals surface area contributed by atoms with Gasteiger partial charge in [0.05, 0.1) is 11.4 Å². The molecule has 0 saturated heterocycles. The maximum atomic E-state index is 15.7. The molecule has 3 aromatic carbocycles. The van der Waals surface area contributed by atoms with E-state index in [0.29, 0.717) is 23.1 Å². The van der Waals surface area contributed by atoms with Crippen molar-refractivity contribution >= 4 is 34.8 Å².